The van der Waals surface area contributed by atoms with Crippen LogP contribution < -0.4 is 28.4 Å². The zero-order chi connectivity index (χ0) is 42.7. The zero-order valence-electron chi connectivity index (χ0n) is 35.4. The first-order valence-electron chi connectivity index (χ1n) is 21.0. The molecule has 0 radical (unpaired) electrons. The summed E-state index contributed by atoms with van der Waals surface area (Å²) in [5.41, 5.74) is 12.6. The van der Waals surface area contributed by atoms with Crippen molar-refractivity contribution >= 4 is 32.7 Å². The number of nitrogens with zero attached hydrogens (tertiary/aromatic N) is 3. The van der Waals surface area contributed by atoms with Gasteiger partial charge in [-0.1, -0.05) is 54.6 Å². The highest BCUT2D eigenvalue weighted by atomic mass is 16.5. The summed E-state index contributed by atoms with van der Waals surface area (Å²) in [6, 6.07) is 43.1. The molecule has 0 aliphatic heterocycles. The van der Waals surface area contributed by atoms with Crippen molar-refractivity contribution in [3.63, 3.8) is 0 Å². The molecule has 0 fully saturated rings. The molecule has 3 aromatic heterocycles. The van der Waals surface area contributed by atoms with Crippen LogP contribution in [0.25, 0.3) is 32.7 Å². The summed E-state index contributed by atoms with van der Waals surface area (Å²) in [5, 5.41) is 3.17. The van der Waals surface area contributed by atoms with Crippen LogP contribution in [-0.4, -0.2) is 36.3 Å². The topological polar surface area (TPSA) is 94.1 Å². The van der Waals surface area contributed by atoms with Crippen LogP contribution in [0.15, 0.2) is 146 Å². The minimum absolute atomic E-state index is 0.353. The van der Waals surface area contributed by atoms with E-state index in [0.29, 0.717) is 73.6 Å². The van der Waals surface area contributed by atoms with Gasteiger partial charge in [0.1, 0.15) is 19.8 Å². The van der Waals surface area contributed by atoms with E-state index in [1.807, 2.05) is 91.4 Å². The van der Waals surface area contributed by atoms with Crippen LogP contribution in [0, 0.1) is 0 Å². The van der Waals surface area contributed by atoms with E-state index in [4.69, 9.17) is 28.4 Å². The minimum Gasteiger partial charge on any atom is -0.493 e. The van der Waals surface area contributed by atoms with Gasteiger partial charge in [-0.3, -0.25) is 15.0 Å². The van der Waals surface area contributed by atoms with Gasteiger partial charge in [-0.2, -0.15) is 0 Å². The molecular formula is C54H45N3O6. The van der Waals surface area contributed by atoms with Gasteiger partial charge in [0.05, 0.1) is 37.9 Å². The Hall–Kier alpha value is -7.65. The average Bonchev–Trinajstić information content (AvgIpc) is 3.38. The van der Waals surface area contributed by atoms with E-state index in [9.17, 15) is 0 Å². The molecule has 0 atom stereocenters. The summed E-state index contributed by atoms with van der Waals surface area (Å²) in [5.74, 6) is 3.97. The lowest BCUT2D eigenvalue weighted by atomic mass is 9.94. The fourth-order valence-corrected chi connectivity index (χ4v) is 8.66. The maximum atomic E-state index is 6.63. The van der Waals surface area contributed by atoms with Crippen molar-refractivity contribution in [3.8, 4) is 34.5 Å². The number of aromatic nitrogens is 3. The Morgan fingerprint density at radius 3 is 0.905 bits per heavy atom. The van der Waals surface area contributed by atoms with Crippen molar-refractivity contribution in [1.82, 2.24) is 15.0 Å². The smallest absolute Gasteiger partial charge is 0.161 e. The third-order valence-corrected chi connectivity index (χ3v) is 12.0. The predicted octanol–water partition coefficient (Wildman–Crippen LogP) is 11.2. The first-order chi connectivity index (χ1) is 31.0. The van der Waals surface area contributed by atoms with Gasteiger partial charge in [-0.25, -0.2) is 0 Å². The molecule has 0 saturated heterocycles. The second kappa shape index (κ2) is 17.4. The average molecular weight is 832 g/mol. The van der Waals surface area contributed by atoms with Crippen molar-refractivity contribution in [3.05, 3.63) is 196 Å². The van der Waals surface area contributed by atoms with Crippen LogP contribution in [-0.2, 0) is 39.1 Å². The van der Waals surface area contributed by atoms with Gasteiger partial charge in [-0.15, -0.1) is 0 Å². The Labute approximate surface area is 365 Å². The van der Waals surface area contributed by atoms with Crippen LogP contribution in [0.2, 0.25) is 0 Å². The van der Waals surface area contributed by atoms with Gasteiger partial charge in [0, 0.05) is 51.4 Å². The number of ether oxygens (including phenoxy) is 6. The second-order valence-electron chi connectivity index (χ2n) is 15.7. The van der Waals surface area contributed by atoms with E-state index >= 15 is 0 Å². The van der Waals surface area contributed by atoms with E-state index in [0.717, 1.165) is 82.8 Å². The normalized spacial score (nSPS) is 12.0. The third-order valence-electron chi connectivity index (χ3n) is 12.0. The number of fused-ring (bicyclic) bond motifs is 6. The van der Waals surface area contributed by atoms with Crippen molar-refractivity contribution in [2.45, 2.75) is 39.1 Å². The molecule has 9 aromatic rings. The maximum Gasteiger partial charge on any atom is 0.161 e. The van der Waals surface area contributed by atoms with E-state index < -0.39 is 0 Å². The van der Waals surface area contributed by atoms with E-state index in [-0.39, 0.29) is 0 Å². The highest BCUT2D eigenvalue weighted by molar-refractivity contribution is 5.83. The Balaban J connectivity index is 1.05. The van der Waals surface area contributed by atoms with Crippen LogP contribution in [0.3, 0.4) is 0 Å². The van der Waals surface area contributed by atoms with Gasteiger partial charge in [-0.05, 0) is 125 Å². The lowest BCUT2D eigenvalue weighted by molar-refractivity contribution is 0.285. The van der Waals surface area contributed by atoms with E-state index in [2.05, 4.69) is 69.5 Å². The van der Waals surface area contributed by atoms with Crippen LogP contribution in [0.5, 0.6) is 34.5 Å². The molecule has 0 spiro atoms. The monoisotopic (exact) mass is 831 g/mol. The summed E-state index contributed by atoms with van der Waals surface area (Å²) >= 11 is 0. The molecule has 0 bridgehead atoms. The van der Waals surface area contributed by atoms with Crippen molar-refractivity contribution in [2.24, 2.45) is 0 Å². The van der Waals surface area contributed by atoms with Crippen LogP contribution in [0.1, 0.15) is 50.1 Å². The molecule has 1 aliphatic rings. The molecule has 9 heteroatoms. The number of benzene rings is 6. The summed E-state index contributed by atoms with van der Waals surface area (Å²) in [6.07, 6.45) is 7.35. The molecule has 0 unspecified atom stereocenters. The van der Waals surface area contributed by atoms with Gasteiger partial charge in [0.25, 0.3) is 0 Å². The maximum absolute atomic E-state index is 6.63. The summed E-state index contributed by atoms with van der Waals surface area (Å²) in [6.45, 7) is 1.06. The summed E-state index contributed by atoms with van der Waals surface area (Å²) in [4.78, 5) is 13.7. The second-order valence-corrected chi connectivity index (χ2v) is 15.7. The standard InChI is InChI=1S/C54H45N3O6/c1-58-49-25-37-22-41-29-53(62-32-35-17-20-56-47-14-8-5-11-44(35)47)51(60-3)27-39(41)24-42-30-54(63-33-36-18-21-57-48-15-9-6-12-45(36)48)50(59-2)26-38(42)23-40(37)28-52(49)61-31-34-16-19-55-46-13-7-4-10-43(34)46/h4-21,25-30H,22-24,31-33H2,1-3H3. The summed E-state index contributed by atoms with van der Waals surface area (Å²) < 4.78 is 38.0. The van der Waals surface area contributed by atoms with Crippen molar-refractivity contribution in [1.29, 1.82) is 0 Å². The SMILES string of the molecule is COc1cc2c(cc1OCc1ccnc3ccccc13)Cc1cc(OC)c(OCc3ccnc4ccccc34)cc1Cc1cc(OC)c(OCc3ccnc4ccccc34)cc1C2. The third kappa shape index (κ3) is 8.01. The van der Waals surface area contributed by atoms with Gasteiger partial charge < -0.3 is 28.4 Å². The molecule has 10 rings (SSSR count). The fraction of sp³-hybridized carbons (Fsp3) is 0.167. The van der Waals surface area contributed by atoms with Gasteiger partial charge in [0.15, 0.2) is 34.5 Å². The molecular weight excluding hydrogens is 787 g/mol. The van der Waals surface area contributed by atoms with Crippen LogP contribution in [0.4, 0.5) is 0 Å². The zero-order valence-corrected chi connectivity index (χ0v) is 35.4. The molecule has 0 N–H and O–H groups in total. The lowest BCUT2D eigenvalue weighted by Gasteiger charge is -2.19. The first-order valence-corrected chi connectivity index (χ1v) is 21.0. The Morgan fingerprint density at radius 2 is 0.619 bits per heavy atom. The highest BCUT2D eigenvalue weighted by Crippen LogP contribution is 2.42. The fourth-order valence-electron chi connectivity index (χ4n) is 8.66. The molecule has 0 amide bonds. The highest BCUT2D eigenvalue weighted by Gasteiger charge is 2.23. The summed E-state index contributed by atoms with van der Waals surface area (Å²) in [7, 11) is 5.07. The first kappa shape index (κ1) is 39.5. The van der Waals surface area contributed by atoms with Crippen LogP contribution >= 0.6 is 0 Å². The Morgan fingerprint density at radius 1 is 0.349 bits per heavy atom. The molecule has 0 saturated carbocycles. The van der Waals surface area contributed by atoms with Gasteiger partial charge in [0.2, 0.25) is 0 Å². The number of rotatable bonds is 12. The lowest BCUT2D eigenvalue weighted by Crippen LogP contribution is -2.05. The van der Waals surface area contributed by atoms with E-state index in [1.165, 1.54) is 0 Å². The molecule has 63 heavy (non-hydrogen) atoms. The number of hydrogen-bond donors (Lipinski definition) is 0. The Kier molecular flexibility index (Phi) is 10.9. The number of hydrogen-bond acceptors (Lipinski definition) is 9. The van der Waals surface area contributed by atoms with Crippen molar-refractivity contribution < 1.29 is 28.4 Å². The minimum atomic E-state index is 0.353. The number of methoxy groups -OCH3 is 3. The number of para-hydroxylation sites is 3. The Bertz CT molecular complexity index is 2800. The molecule has 312 valence electrons. The molecule has 1 aliphatic carbocycles. The largest absolute Gasteiger partial charge is 0.493 e. The van der Waals surface area contributed by atoms with E-state index in [1.54, 1.807) is 21.3 Å². The number of pyridine rings is 3. The van der Waals surface area contributed by atoms with Gasteiger partial charge >= 0.3 is 0 Å². The molecule has 9 nitrogen and oxygen atoms in total. The van der Waals surface area contributed by atoms with Crippen molar-refractivity contribution in [2.75, 3.05) is 21.3 Å². The predicted molar refractivity (Wildman–Crippen MR) is 246 cm³/mol. The quantitative estimate of drug-likeness (QED) is 0.119. The molecule has 3 heterocycles. The molecule has 6 aromatic carbocycles.